The summed E-state index contributed by atoms with van der Waals surface area (Å²) in [5.41, 5.74) is 7.93. The lowest BCUT2D eigenvalue weighted by molar-refractivity contribution is 0.669. The van der Waals surface area contributed by atoms with Crippen molar-refractivity contribution in [3.63, 3.8) is 0 Å². The summed E-state index contributed by atoms with van der Waals surface area (Å²) in [7, 11) is 0. The molecule has 5 nitrogen and oxygen atoms in total. The van der Waals surface area contributed by atoms with Crippen molar-refractivity contribution in [1.82, 2.24) is 19.5 Å². The molecule has 0 radical (unpaired) electrons. The fourth-order valence-corrected chi connectivity index (χ4v) is 8.83. The first kappa shape index (κ1) is 28.2. The maximum atomic E-state index is 6.49. The molecule has 0 saturated carbocycles. The Balaban J connectivity index is 1.16. The molecule has 51 heavy (non-hydrogen) atoms. The molecule has 7 aromatic carbocycles. The fourth-order valence-electron chi connectivity index (χ4n) is 7.60. The van der Waals surface area contributed by atoms with Crippen LogP contribution >= 0.6 is 11.3 Å². The average Bonchev–Trinajstić information content (AvgIpc) is 3.87. The predicted molar refractivity (Wildman–Crippen MR) is 211 cm³/mol. The minimum Gasteiger partial charge on any atom is -0.456 e. The van der Waals surface area contributed by atoms with Crippen LogP contribution in [0.4, 0.5) is 0 Å². The van der Waals surface area contributed by atoms with Gasteiger partial charge in [-0.05, 0) is 48.0 Å². The lowest BCUT2D eigenvalue weighted by Crippen LogP contribution is -2.06. The quantitative estimate of drug-likeness (QED) is 0.187. The van der Waals surface area contributed by atoms with E-state index in [9.17, 15) is 0 Å². The molecule has 238 valence electrons. The zero-order valence-electron chi connectivity index (χ0n) is 27.1. The van der Waals surface area contributed by atoms with Gasteiger partial charge in [0, 0.05) is 58.4 Å². The average molecular weight is 671 g/mol. The van der Waals surface area contributed by atoms with Gasteiger partial charge in [-0.2, -0.15) is 9.97 Å². The van der Waals surface area contributed by atoms with Gasteiger partial charge in [-0.15, -0.1) is 11.3 Å². The van der Waals surface area contributed by atoms with E-state index in [0.29, 0.717) is 17.6 Å². The Bertz CT molecular complexity index is 3100. The van der Waals surface area contributed by atoms with Crippen molar-refractivity contribution in [3.8, 4) is 39.9 Å². The zero-order chi connectivity index (χ0) is 33.5. The summed E-state index contributed by atoms with van der Waals surface area (Å²) in [4.78, 5) is 15.4. The second kappa shape index (κ2) is 10.9. The number of furan rings is 1. The Morgan fingerprint density at radius 3 is 1.90 bits per heavy atom. The summed E-state index contributed by atoms with van der Waals surface area (Å²) in [6.07, 6.45) is 0. The van der Waals surface area contributed by atoms with Gasteiger partial charge in [-0.3, -0.25) is 4.57 Å². The van der Waals surface area contributed by atoms with E-state index < -0.39 is 0 Å². The summed E-state index contributed by atoms with van der Waals surface area (Å²) >= 11 is 1.84. The SMILES string of the molecule is c1ccc(-c2nc(-c3ccc4oc5cccc(-c6cccc7c6sc6ccccc67)c5c4c3)nc(-n3c4ccccc4c4ccccc43)n2)cc1. The minimum atomic E-state index is 0.575. The van der Waals surface area contributed by atoms with Gasteiger partial charge in [-0.25, -0.2) is 4.98 Å². The monoisotopic (exact) mass is 670 g/mol. The van der Waals surface area contributed by atoms with Crippen molar-refractivity contribution in [1.29, 1.82) is 0 Å². The van der Waals surface area contributed by atoms with Gasteiger partial charge in [0.05, 0.1) is 11.0 Å². The first-order valence-corrected chi connectivity index (χ1v) is 17.8. The standard InChI is InChI=1S/C45H26N4OS/c1-2-12-27(13-3-1)43-46-44(48-45(47-43)49-36-20-7-4-14-29(36)30-15-5-8-21-37(30)49)28-24-25-38-35(26-28)41-32(17-11-22-39(41)50-38)34-19-10-18-33-31-16-6-9-23-40(31)51-42(33)34/h1-26H. The van der Waals surface area contributed by atoms with Crippen LogP contribution in [0.3, 0.4) is 0 Å². The number of rotatable bonds is 4. The van der Waals surface area contributed by atoms with E-state index in [4.69, 9.17) is 19.4 Å². The molecule has 0 spiro atoms. The van der Waals surface area contributed by atoms with Crippen molar-refractivity contribution in [3.05, 3.63) is 158 Å². The van der Waals surface area contributed by atoms with E-state index in [1.54, 1.807) is 0 Å². The molecular weight excluding hydrogens is 645 g/mol. The van der Waals surface area contributed by atoms with Crippen LogP contribution in [-0.2, 0) is 0 Å². The number of benzene rings is 7. The van der Waals surface area contributed by atoms with Gasteiger partial charge >= 0.3 is 0 Å². The largest absolute Gasteiger partial charge is 0.456 e. The second-order valence-electron chi connectivity index (χ2n) is 12.8. The van der Waals surface area contributed by atoms with Crippen molar-refractivity contribution >= 4 is 75.3 Å². The van der Waals surface area contributed by atoms with E-state index in [2.05, 4.69) is 126 Å². The normalized spacial score (nSPS) is 11.9. The van der Waals surface area contributed by atoms with Crippen LogP contribution in [0.2, 0.25) is 0 Å². The maximum Gasteiger partial charge on any atom is 0.238 e. The molecule has 0 saturated heterocycles. The summed E-state index contributed by atoms with van der Waals surface area (Å²) < 4.78 is 11.2. The molecule has 4 heterocycles. The molecule has 0 aliphatic rings. The molecule has 6 heteroatoms. The molecule has 11 rings (SSSR count). The Labute approximate surface area is 295 Å². The van der Waals surface area contributed by atoms with Crippen LogP contribution in [0.5, 0.6) is 0 Å². The summed E-state index contributed by atoms with van der Waals surface area (Å²) in [6.45, 7) is 0. The first-order chi connectivity index (χ1) is 25.3. The summed E-state index contributed by atoms with van der Waals surface area (Å²) in [6, 6.07) is 54.9. The molecule has 0 aliphatic carbocycles. The van der Waals surface area contributed by atoms with Gasteiger partial charge < -0.3 is 4.42 Å². The molecule has 4 aromatic heterocycles. The van der Waals surface area contributed by atoms with Gasteiger partial charge in [0.15, 0.2) is 11.6 Å². The van der Waals surface area contributed by atoms with Gasteiger partial charge in [-0.1, -0.05) is 115 Å². The molecule has 0 atom stereocenters. The number of para-hydroxylation sites is 2. The third-order valence-corrected chi connectivity index (χ3v) is 11.1. The summed E-state index contributed by atoms with van der Waals surface area (Å²) in [5, 5.41) is 6.98. The third-order valence-electron chi connectivity index (χ3n) is 9.88. The van der Waals surface area contributed by atoms with Crippen molar-refractivity contribution < 1.29 is 4.42 Å². The Morgan fingerprint density at radius 2 is 1.10 bits per heavy atom. The van der Waals surface area contributed by atoms with Crippen LogP contribution in [0.15, 0.2) is 162 Å². The van der Waals surface area contributed by atoms with E-state index in [1.165, 1.54) is 25.7 Å². The van der Waals surface area contributed by atoms with Gasteiger partial charge in [0.1, 0.15) is 11.2 Å². The highest BCUT2D eigenvalue weighted by Crippen LogP contribution is 2.44. The minimum absolute atomic E-state index is 0.575. The van der Waals surface area contributed by atoms with Crippen molar-refractivity contribution in [2.45, 2.75) is 0 Å². The van der Waals surface area contributed by atoms with Gasteiger partial charge in [0.2, 0.25) is 5.95 Å². The number of hydrogen-bond donors (Lipinski definition) is 0. The van der Waals surface area contributed by atoms with Crippen molar-refractivity contribution in [2.75, 3.05) is 0 Å². The molecule has 0 fully saturated rings. The van der Waals surface area contributed by atoms with E-state index in [0.717, 1.165) is 60.4 Å². The van der Waals surface area contributed by atoms with Crippen LogP contribution in [0.25, 0.3) is 104 Å². The van der Waals surface area contributed by atoms with Crippen LogP contribution in [0, 0.1) is 0 Å². The van der Waals surface area contributed by atoms with E-state index >= 15 is 0 Å². The lowest BCUT2D eigenvalue weighted by atomic mass is 9.97. The Morgan fingerprint density at radius 1 is 0.451 bits per heavy atom. The number of hydrogen-bond acceptors (Lipinski definition) is 5. The molecule has 0 aliphatic heterocycles. The fraction of sp³-hybridized carbons (Fsp3) is 0. The highest BCUT2D eigenvalue weighted by Gasteiger charge is 2.20. The molecular formula is C45H26N4OS. The number of thiophene rings is 1. The molecule has 0 amide bonds. The molecule has 0 N–H and O–H groups in total. The zero-order valence-corrected chi connectivity index (χ0v) is 27.9. The smallest absolute Gasteiger partial charge is 0.238 e. The molecule has 0 unspecified atom stereocenters. The predicted octanol–water partition coefficient (Wildman–Crippen LogP) is 12.2. The molecule has 11 aromatic rings. The Kier molecular flexibility index (Phi) is 6.05. The van der Waals surface area contributed by atoms with E-state index in [1.807, 2.05) is 47.7 Å². The van der Waals surface area contributed by atoms with E-state index in [-0.39, 0.29) is 0 Å². The number of aromatic nitrogens is 4. The number of fused-ring (bicyclic) bond motifs is 9. The number of nitrogens with zero attached hydrogens (tertiary/aromatic N) is 4. The highest BCUT2D eigenvalue weighted by atomic mass is 32.1. The second-order valence-corrected chi connectivity index (χ2v) is 13.8. The van der Waals surface area contributed by atoms with Crippen LogP contribution in [-0.4, -0.2) is 19.5 Å². The summed E-state index contributed by atoms with van der Waals surface area (Å²) in [5.74, 6) is 1.79. The highest BCUT2D eigenvalue weighted by molar-refractivity contribution is 7.26. The van der Waals surface area contributed by atoms with Crippen LogP contribution in [0.1, 0.15) is 0 Å². The Hall–Kier alpha value is -6.63. The molecule has 0 bridgehead atoms. The maximum absolute atomic E-state index is 6.49. The van der Waals surface area contributed by atoms with Crippen LogP contribution < -0.4 is 0 Å². The topological polar surface area (TPSA) is 56.7 Å². The third kappa shape index (κ3) is 4.30. The van der Waals surface area contributed by atoms with Crippen molar-refractivity contribution in [2.24, 2.45) is 0 Å². The lowest BCUT2D eigenvalue weighted by Gasteiger charge is -2.11. The van der Waals surface area contributed by atoms with Gasteiger partial charge in [0.25, 0.3) is 0 Å². The first-order valence-electron chi connectivity index (χ1n) is 16.9.